The molecule has 21 heavy (non-hydrogen) atoms. The highest BCUT2D eigenvalue weighted by molar-refractivity contribution is 5.78. The first-order chi connectivity index (χ1) is 9.86. The molecule has 0 radical (unpaired) electrons. The highest BCUT2D eigenvalue weighted by Crippen LogP contribution is 2.29. The molecule has 0 spiro atoms. The van der Waals surface area contributed by atoms with Gasteiger partial charge in [-0.3, -0.25) is 4.79 Å². The molecule has 0 bridgehead atoms. The Balaban J connectivity index is 3.02. The van der Waals surface area contributed by atoms with Gasteiger partial charge in [-0.25, -0.2) is 4.39 Å². The topological polar surface area (TPSA) is 35.5 Å². The summed E-state index contributed by atoms with van der Waals surface area (Å²) in [4.78, 5) is 12.0. The van der Waals surface area contributed by atoms with Crippen LogP contribution in [0.15, 0.2) is 18.2 Å². The Morgan fingerprint density at radius 1 is 1.33 bits per heavy atom. The summed E-state index contributed by atoms with van der Waals surface area (Å²) < 4.78 is 24.4. The molecular weight excluding hydrogens is 271 g/mol. The van der Waals surface area contributed by atoms with Gasteiger partial charge in [0.05, 0.1) is 12.0 Å². The largest absolute Gasteiger partial charge is 0.488 e. The minimum Gasteiger partial charge on any atom is -0.488 e. The minimum atomic E-state index is -0.555. The maximum atomic E-state index is 14.0. The molecule has 3 nitrogen and oxygen atoms in total. The molecule has 0 aliphatic rings. The molecule has 0 N–H and O–H groups in total. The third kappa shape index (κ3) is 4.78. The van der Waals surface area contributed by atoms with Crippen LogP contribution in [-0.4, -0.2) is 18.7 Å². The van der Waals surface area contributed by atoms with E-state index >= 15 is 0 Å². The summed E-state index contributed by atoms with van der Waals surface area (Å²) in [5.74, 6) is 0.899. The van der Waals surface area contributed by atoms with E-state index in [2.05, 4.69) is 5.92 Å². The van der Waals surface area contributed by atoms with Crippen LogP contribution in [-0.2, 0) is 9.53 Å². The number of hydrogen-bond donors (Lipinski definition) is 0. The van der Waals surface area contributed by atoms with E-state index in [1.165, 1.54) is 12.1 Å². The van der Waals surface area contributed by atoms with Gasteiger partial charge in [0.2, 0.25) is 0 Å². The lowest BCUT2D eigenvalue weighted by Crippen LogP contribution is -2.21. The van der Waals surface area contributed by atoms with Gasteiger partial charge in [-0.05, 0) is 37.5 Å². The lowest BCUT2D eigenvalue weighted by atomic mass is 9.88. The van der Waals surface area contributed by atoms with Crippen LogP contribution in [0.1, 0.15) is 39.2 Å². The Hall–Kier alpha value is -2.02. The van der Waals surface area contributed by atoms with E-state index in [1.54, 1.807) is 6.07 Å². The second kappa shape index (κ2) is 7.68. The van der Waals surface area contributed by atoms with E-state index in [4.69, 9.17) is 15.9 Å². The number of ether oxygens (including phenoxy) is 2. The maximum absolute atomic E-state index is 14.0. The summed E-state index contributed by atoms with van der Waals surface area (Å²) >= 11 is 0. The minimum absolute atomic E-state index is 0.0356. The van der Waals surface area contributed by atoms with E-state index in [0.29, 0.717) is 5.56 Å². The third-order valence-corrected chi connectivity index (χ3v) is 2.90. The second-order valence-electron chi connectivity index (χ2n) is 5.39. The zero-order chi connectivity index (χ0) is 16.0. The van der Waals surface area contributed by atoms with E-state index in [-0.39, 0.29) is 24.4 Å². The second-order valence-corrected chi connectivity index (χ2v) is 5.39. The quantitative estimate of drug-likeness (QED) is 0.594. The normalized spacial score (nSPS) is 12.1. The van der Waals surface area contributed by atoms with Crippen LogP contribution >= 0.6 is 0 Å². The van der Waals surface area contributed by atoms with Crippen molar-refractivity contribution in [3.05, 3.63) is 29.6 Å². The number of esters is 1. The van der Waals surface area contributed by atoms with Gasteiger partial charge in [0.15, 0.2) is 18.2 Å². The Morgan fingerprint density at radius 2 is 2.00 bits per heavy atom. The van der Waals surface area contributed by atoms with Crippen molar-refractivity contribution in [3.8, 4) is 18.1 Å². The van der Waals surface area contributed by atoms with Gasteiger partial charge >= 0.3 is 5.97 Å². The molecule has 114 valence electrons. The Bertz CT molecular complexity index is 529. The Labute approximate surface area is 125 Å². The zero-order valence-electron chi connectivity index (χ0n) is 12.9. The van der Waals surface area contributed by atoms with Crippen molar-refractivity contribution in [1.82, 2.24) is 0 Å². The average molecular weight is 292 g/mol. The van der Waals surface area contributed by atoms with Crippen LogP contribution in [0.4, 0.5) is 4.39 Å². The number of benzene rings is 1. The molecule has 4 heteroatoms. The standard InChI is InChI=1S/C17H21FO3/c1-6-9-20-17(19)16(11(2)3)13-7-8-15(14(18)10-13)21-12(4)5/h1,7-8,10-12,16H,9H2,2-5H3. The van der Waals surface area contributed by atoms with E-state index < -0.39 is 17.7 Å². The molecule has 0 aliphatic carbocycles. The number of halogens is 1. The molecule has 0 fully saturated rings. The van der Waals surface area contributed by atoms with Gasteiger partial charge in [0.1, 0.15) is 0 Å². The van der Waals surface area contributed by atoms with Gasteiger partial charge < -0.3 is 9.47 Å². The van der Waals surface area contributed by atoms with Crippen LogP contribution < -0.4 is 4.74 Å². The summed E-state index contributed by atoms with van der Waals surface area (Å²) in [6.07, 6.45) is 4.96. The van der Waals surface area contributed by atoms with Crippen molar-refractivity contribution in [2.24, 2.45) is 5.92 Å². The molecule has 0 saturated carbocycles. The fourth-order valence-electron chi connectivity index (χ4n) is 2.06. The molecule has 0 aromatic heterocycles. The lowest BCUT2D eigenvalue weighted by Gasteiger charge is -2.20. The average Bonchev–Trinajstić information content (AvgIpc) is 2.38. The van der Waals surface area contributed by atoms with Crippen LogP contribution in [0.2, 0.25) is 0 Å². The van der Waals surface area contributed by atoms with Gasteiger partial charge in [-0.1, -0.05) is 25.8 Å². The van der Waals surface area contributed by atoms with Gasteiger partial charge in [-0.15, -0.1) is 6.42 Å². The van der Waals surface area contributed by atoms with Crippen LogP contribution in [0, 0.1) is 24.1 Å². The first kappa shape index (κ1) is 17.0. The third-order valence-electron chi connectivity index (χ3n) is 2.90. The molecular formula is C17H21FO3. The van der Waals surface area contributed by atoms with Gasteiger partial charge in [-0.2, -0.15) is 0 Å². The summed E-state index contributed by atoms with van der Waals surface area (Å²) in [5, 5.41) is 0. The fraction of sp³-hybridized carbons (Fsp3) is 0.471. The number of rotatable bonds is 6. The monoisotopic (exact) mass is 292 g/mol. The van der Waals surface area contributed by atoms with Gasteiger partial charge in [0, 0.05) is 0 Å². The maximum Gasteiger partial charge on any atom is 0.314 e. The number of carbonyl (C=O) groups is 1. The lowest BCUT2D eigenvalue weighted by molar-refractivity contribution is -0.145. The summed E-state index contributed by atoms with van der Waals surface area (Å²) in [6.45, 7) is 7.30. The van der Waals surface area contributed by atoms with Crippen molar-refractivity contribution in [2.45, 2.75) is 39.7 Å². The first-order valence-corrected chi connectivity index (χ1v) is 6.93. The smallest absolute Gasteiger partial charge is 0.314 e. The highest BCUT2D eigenvalue weighted by atomic mass is 19.1. The SMILES string of the molecule is C#CCOC(=O)C(c1ccc(OC(C)C)c(F)c1)C(C)C. The molecule has 1 rings (SSSR count). The van der Waals surface area contributed by atoms with E-state index in [0.717, 1.165) is 0 Å². The molecule has 1 unspecified atom stereocenters. The molecule has 0 heterocycles. The Morgan fingerprint density at radius 3 is 2.48 bits per heavy atom. The highest BCUT2D eigenvalue weighted by Gasteiger charge is 2.26. The molecule has 1 atom stereocenters. The van der Waals surface area contributed by atoms with Gasteiger partial charge in [0.25, 0.3) is 0 Å². The number of carbonyl (C=O) groups excluding carboxylic acids is 1. The molecule has 0 aliphatic heterocycles. The summed E-state index contributed by atoms with van der Waals surface area (Å²) in [5.41, 5.74) is 0.556. The van der Waals surface area contributed by atoms with Crippen molar-refractivity contribution in [2.75, 3.05) is 6.61 Å². The van der Waals surface area contributed by atoms with Crippen molar-refractivity contribution >= 4 is 5.97 Å². The summed E-state index contributed by atoms with van der Waals surface area (Å²) in [6, 6.07) is 4.54. The van der Waals surface area contributed by atoms with E-state index in [9.17, 15) is 9.18 Å². The predicted molar refractivity (Wildman–Crippen MR) is 79.5 cm³/mol. The Kier molecular flexibility index (Phi) is 6.23. The molecule has 0 amide bonds. The van der Waals surface area contributed by atoms with Crippen LogP contribution in [0.3, 0.4) is 0 Å². The molecule has 1 aromatic rings. The summed E-state index contributed by atoms with van der Waals surface area (Å²) in [7, 11) is 0. The molecule has 1 aromatic carbocycles. The van der Waals surface area contributed by atoms with Crippen molar-refractivity contribution in [1.29, 1.82) is 0 Å². The van der Waals surface area contributed by atoms with Crippen molar-refractivity contribution in [3.63, 3.8) is 0 Å². The fourth-order valence-corrected chi connectivity index (χ4v) is 2.06. The molecule has 0 saturated heterocycles. The predicted octanol–water partition coefficient (Wildman–Crippen LogP) is 3.53. The number of hydrogen-bond acceptors (Lipinski definition) is 3. The zero-order valence-corrected chi connectivity index (χ0v) is 12.9. The van der Waals surface area contributed by atoms with Crippen LogP contribution in [0.5, 0.6) is 5.75 Å². The first-order valence-electron chi connectivity index (χ1n) is 6.93. The van der Waals surface area contributed by atoms with Crippen molar-refractivity contribution < 1.29 is 18.7 Å². The van der Waals surface area contributed by atoms with Crippen LogP contribution in [0.25, 0.3) is 0 Å². The van der Waals surface area contributed by atoms with E-state index in [1.807, 2.05) is 27.7 Å². The number of terminal acetylenes is 1.